The van der Waals surface area contributed by atoms with Gasteiger partial charge >= 0.3 is 102 Å². The van der Waals surface area contributed by atoms with Gasteiger partial charge in [0.1, 0.15) is 0 Å². The number of carboxylic acid groups (broad SMARTS) is 1. The standard InChI is InChI=1S/C8H6AsNO6S/c11-7(12)3-1-6-5(10-8(17)16-6)2-4(3)9(13,14)15/h1-2H,(H,10,17)(H,11,12)(H2,13,14,15). The third kappa shape index (κ3) is 2.20. The van der Waals surface area contributed by atoms with Crippen LogP contribution in [0.5, 0.6) is 0 Å². The Balaban J connectivity index is 2.89. The van der Waals surface area contributed by atoms with Crippen molar-refractivity contribution in [3.8, 4) is 0 Å². The van der Waals surface area contributed by atoms with E-state index in [4.69, 9.17) is 29.9 Å². The number of aromatic amines is 1. The third-order valence-corrected chi connectivity index (χ3v) is 4.36. The fraction of sp³-hybridized carbons (Fsp3) is 0. The first-order valence-corrected chi connectivity index (χ1v) is 8.04. The number of hydrogen-bond acceptors (Lipinski definition) is 4. The van der Waals surface area contributed by atoms with Crippen molar-refractivity contribution in [3.63, 3.8) is 0 Å². The van der Waals surface area contributed by atoms with E-state index in [1.807, 2.05) is 0 Å². The number of benzene rings is 1. The summed E-state index contributed by atoms with van der Waals surface area (Å²) in [7, 11) is 0. The molecule has 0 aliphatic carbocycles. The molecule has 0 aliphatic heterocycles. The maximum absolute atomic E-state index is 11.2. The predicted molar refractivity (Wildman–Crippen MR) is 58.9 cm³/mol. The molecule has 0 aliphatic rings. The van der Waals surface area contributed by atoms with E-state index in [1.165, 1.54) is 0 Å². The zero-order valence-corrected chi connectivity index (χ0v) is 10.8. The number of fused-ring (bicyclic) bond motifs is 1. The van der Waals surface area contributed by atoms with Crippen LogP contribution >= 0.6 is 12.2 Å². The zero-order valence-electron chi connectivity index (χ0n) is 8.08. The Hall–Kier alpha value is -1.34. The van der Waals surface area contributed by atoms with Crippen molar-refractivity contribution in [1.29, 1.82) is 0 Å². The SMILES string of the molecule is O=C(O)c1cc2oc(=S)[nH]c2cc1[As](=O)(O)O. The molecule has 0 bridgehead atoms. The topological polar surface area (TPSA) is 124 Å². The van der Waals surface area contributed by atoms with Gasteiger partial charge in [-0.25, -0.2) is 0 Å². The summed E-state index contributed by atoms with van der Waals surface area (Å²) in [5.74, 6) is -1.44. The van der Waals surface area contributed by atoms with Crippen LogP contribution in [0.15, 0.2) is 16.5 Å². The summed E-state index contributed by atoms with van der Waals surface area (Å²) in [6.07, 6.45) is 0. The number of aromatic carboxylic acids is 1. The van der Waals surface area contributed by atoms with Gasteiger partial charge in [-0.05, 0) is 0 Å². The van der Waals surface area contributed by atoms with Crippen molar-refractivity contribution < 1.29 is 26.2 Å². The first kappa shape index (κ1) is 12.1. The Bertz CT molecular complexity index is 710. The number of H-pyrrole nitrogens is 1. The summed E-state index contributed by atoms with van der Waals surface area (Å²) in [5, 5.41) is 8.88. The zero-order chi connectivity index (χ0) is 12.8. The molecule has 1 aromatic heterocycles. The van der Waals surface area contributed by atoms with Gasteiger partial charge in [-0.2, -0.15) is 0 Å². The average molecular weight is 319 g/mol. The average Bonchev–Trinajstić information content (AvgIpc) is 2.53. The molecule has 0 amide bonds. The van der Waals surface area contributed by atoms with Crippen molar-refractivity contribution in [2.45, 2.75) is 0 Å². The summed E-state index contributed by atoms with van der Waals surface area (Å²) in [5.41, 5.74) is -0.0948. The quantitative estimate of drug-likeness (QED) is 0.444. The minimum atomic E-state index is -5.32. The molecule has 0 unspecified atom stereocenters. The molecule has 90 valence electrons. The number of carboxylic acids is 1. The number of oxazole rings is 1. The van der Waals surface area contributed by atoms with Crippen LogP contribution in [-0.4, -0.2) is 38.4 Å². The van der Waals surface area contributed by atoms with Gasteiger partial charge in [0, 0.05) is 0 Å². The minimum absolute atomic E-state index is 0.00601. The summed E-state index contributed by atoms with van der Waals surface area (Å²) in [6.45, 7) is 0. The molecule has 0 spiro atoms. The molecule has 0 fully saturated rings. The van der Waals surface area contributed by atoms with Crippen LogP contribution in [-0.2, 0) is 3.74 Å². The number of hydrogen-bond donors (Lipinski definition) is 4. The van der Waals surface area contributed by atoms with Crippen LogP contribution in [0.3, 0.4) is 0 Å². The molecule has 4 N–H and O–H groups in total. The van der Waals surface area contributed by atoms with Gasteiger partial charge in [-0.1, -0.05) is 0 Å². The maximum atomic E-state index is 11.2. The molecule has 2 aromatic rings. The van der Waals surface area contributed by atoms with E-state index in [2.05, 4.69) is 4.98 Å². The molecule has 0 saturated carbocycles. The number of aromatic nitrogens is 1. The molecule has 1 heterocycles. The van der Waals surface area contributed by atoms with Crippen molar-refractivity contribution >= 4 is 47.8 Å². The van der Waals surface area contributed by atoms with E-state index in [9.17, 15) is 8.53 Å². The van der Waals surface area contributed by atoms with Crippen LogP contribution < -0.4 is 4.35 Å². The van der Waals surface area contributed by atoms with Gasteiger partial charge in [-0.3, -0.25) is 0 Å². The molecular weight excluding hydrogens is 313 g/mol. The number of carbonyl (C=O) groups is 1. The third-order valence-electron chi connectivity index (χ3n) is 2.08. The van der Waals surface area contributed by atoms with Crippen molar-refractivity contribution in [3.05, 3.63) is 22.5 Å². The fourth-order valence-corrected chi connectivity index (χ4v) is 3.22. The van der Waals surface area contributed by atoms with Gasteiger partial charge < -0.3 is 0 Å². The first-order chi connectivity index (χ1) is 7.79. The van der Waals surface area contributed by atoms with E-state index < -0.39 is 30.1 Å². The van der Waals surface area contributed by atoms with Gasteiger partial charge in [0.15, 0.2) is 0 Å². The predicted octanol–water partition coefficient (Wildman–Crippen LogP) is -0.250. The van der Waals surface area contributed by atoms with Crippen LogP contribution in [0, 0.1) is 4.84 Å². The second kappa shape index (κ2) is 3.85. The Morgan fingerprint density at radius 1 is 1.41 bits per heavy atom. The van der Waals surface area contributed by atoms with Crippen molar-refractivity contribution in [2.75, 3.05) is 0 Å². The Kier molecular flexibility index (Phi) is 2.74. The first-order valence-electron chi connectivity index (χ1n) is 4.25. The van der Waals surface area contributed by atoms with Crippen LogP contribution in [0.1, 0.15) is 10.4 Å². The second-order valence-electron chi connectivity index (χ2n) is 3.23. The molecule has 0 saturated heterocycles. The van der Waals surface area contributed by atoms with Gasteiger partial charge in [0.25, 0.3) is 0 Å². The Morgan fingerprint density at radius 3 is 2.59 bits per heavy atom. The van der Waals surface area contributed by atoms with Crippen LogP contribution in [0.2, 0.25) is 0 Å². The van der Waals surface area contributed by atoms with Gasteiger partial charge in [-0.15, -0.1) is 0 Å². The molecular formula is C8H6AsNO6S. The van der Waals surface area contributed by atoms with Crippen LogP contribution in [0.4, 0.5) is 0 Å². The Labute approximate surface area is 102 Å². The van der Waals surface area contributed by atoms with Crippen molar-refractivity contribution in [1.82, 2.24) is 4.98 Å². The molecule has 17 heavy (non-hydrogen) atoms. The molecule has 1 aromatic carbocycles. The van der Waals surface area contributed by atoms with Gasteiger partial charge in [0.05, 0.1) is 0 Å². The normalized spacial score (nSPS) is 11.9. The van der Waals surface area contributed by atoms with E-state index in [1.54, 1.807) is 0 Å². The van der Waals surface area contributed by atoms with E-state index in [-0.39, 0.29) is 15.9 Å². The molecule has 7 nitrogen and oxygen atoms in total. The summed E-state index contributed by atoms with van der Waals surface area (Å²) in [4.78, 5) is 13.5. The summed E-state index contributed by atoms with van der Waals surface area (Å²) in [6, 6.07) is 2.10. The van der Waals surface area contributed by atoms with Gasteiger partial charge in [0.2, 0.25) is 0 Å². The van der Waals surface area contributed by atoms with E-state index >= 15 is 0 Å². The van der Waals surface area contributed by atoms with Crippen LogP contribution in [0.25, 0.3) is 11.1 Å². The van der Waals surface area contributed by atoms with E-state index in [0.29, 0.717) is 0 Å². The fourth-order valence-electron chi connectivity index (χ4n) is 1.40. The molecule has 2 rings (SSSR count). The molecule has 9 heteroatoms. The number of nitrogens with one attached hydrogen (secondary N) is 1. The summed E-state index contributed by atoms with van der Waals surface area (Å²) < 4.78 is 33.9. The monoisotopic (exact) mass is 319 g/mol. The number of rotatable bonds is 2. The van der Waals surface area contributed by atoms with E-state index in [0.717, 1.165) is 12.1 Å². The second-order valence-corrected chi connectivity index (χ2v) is 6.89. The molecule has 0 radical (unpaired) electrons. The van der Waals surface area contributed by atoms with Crippen molar-refractivity contribution in [2.24, 2.45) is 0 Å². The Morgan fingerprint density at radius 2 is 2.06 bits per heavy atom. The summed E-state index contributed by atoms with van der Waals surface area (Å²) >= 11 is -0.624. The molecule has 0 atom stereocenters.